The van der Waals surface area contributed by atoms with E-state index in [0.717, 1.165) is 6.07 Å². The van der Waals surface area contributed by atoms with Gasteiger partial charge in [0.25, 0.3) is 5.91 Å². The molecule has 1 aromatic carbocycles. The molecule has 0 saturated heterocycles. The summed E-state index contributed by atoms with van der Waals surface area (Å²) in [6.45, 7) is -0.785. The summed E-state index contributed by atoms with van der Waals surface area (Å²) in [5, 5.41) is 19.7. The summed E-state index contributed by atoms with van der Waals surface area (Å²) in [6.07, 6.45) is 0. The van der Waals surface area contributed by atoms with E-state index in [2.05, 4.69) is 53.1 Å². The number of carbonyl (C=O) groups is 2. The quantitative estimate of drug-likeness (QED) is 0.502. The molecule has 11 heteroatoms. The molecule has 1 unspecified atom stereocenters. The highest BCUT2D eigenvalue weighted by atomic mass is 80.0. The van der Waals surface area contributed by atoms with E-state index in [9.17, 15) is 18.0 Å². The lowest BCUT2D eigenvalue weighted by atomic mass is 10.2. The van der Waals surface area contributed by atoms with Crippen molar-refractivity contribution < 1.29 is 28.2 Å². The van der Waals surface area contributed by atoms with Crippen LogP contribution in [0.5, 0.6) is 0 Å². The summed E-state index contributed by atoms with van der Waals surface area (Å²) in [5.74, 6) is -2.22. The van der Waals surface area contributed by atoms with Crippen molar-refractivity contribution in [1.82, 2.24) is 5.32 Å². The fourth-order valence-electron chi connectivity index (χ4n) is 1.37. The Morgan fingerprint density at radius 2 is 1.86 bits per heavy atom. The van der Waals surface area contributed by atoms with Crippen LogP contribution in [0, 0.1) is 0 Å². The van der Waals surface area contributed by atoms with Crippen LogP contribution >= 0.6 is 47.8 Å². The summed E-state index contributed by atoms with van der Waals surface area (Å²) in [4.78, 5) is 22.5. The first kappa shape index (κ1) is 19.6. The average molecular weight is 524 g/mol. The largest absolute Gasteiger partial charge is 0.480 e. The number of amides is 1. The average Bonchev–Trinajstić information content (AvgIpc) is 2.43. The van der Waals surface area contributed by atoms with Gasteiger partial charge in [-0.3, -0.25) is 4.79 Å². The Labute approximate surface area is 151 Å². The van der Waals surface area contributed by atoms with Gasteiger partial charge in [-0.1, -0.05) is 6.07 Å². The molecule has 0 aliphatic rings. The lowest BCUT2D eigenvalue weighted by Crippen LogP contribution is -2.43. The number of benzene rings is 1. The smallest absolute Gasteiger partial charge is 0.328 e. The Morgan fingerprint density at radius 1 is 1.27 bits per heavy atom. The van der Waals surface area contributed by atoms with E-state index in [0.29, 0.717) is 0 Å². The van der Waals surface area contributed by atoms with E-state index >= 15 is 0 Å². The first-order chi connectivity index (χ1) is 10.0. The normalized spacial score (nSPS) is 13.5. The van der Waals surface area contributed by atoms with Gasteiger partial charge in [0.1, 0.15) is 0 Å². The van der Waals surface area contributed by atoms with Crippen molar-refractivity contribution in [3.8, 4) is 0 Å². The van der Waals surface area contributed by atoms with Gasteiger partial charge in [0.15, 0.2) is 6.04 Å². The van der Waals surface area contributed by atoms with Crippen molar-refractivity contribution in [1.29, 1.82) is 0 Å². The van der Waals surface area contributed by atoms with Crippen LogP contribution in [0.3, 0.4) is 0 Å². The van der Waals surface area contributed by atoms with E-state index in [-0.39, 0.29) is 10.5 Å². The molecule has 22 heavy (non-hydrogen) atoms. The fraction of sp³-hybridized carbons (Fsp3) is 0.273. The molecule has 0 aliphatic carbocycles. The van der Waals surface area contributed by atoms with Crippen LogP contribution in [0.25, 0.3) is 0 Å². The van der Waals surface area contributed by atoms with Gasteiger partial charge in [0, 0.05) is 5.56 Å². The van der Waals surface area contributed by atoms with E-state index in [1.165, 1.54) is 18.2 Å². The van der Waals surface area contributed by atoms with E-state index in [1.54, 1.807) is 0 Å². The Bertz CT molecular complexity index is 685. The number of aliphatic hydroxyl groups is 1. The van der Waals surface area contributed by atoms with Gasteiger partial charge >= 0.3 is 5.97 Å². The molecule has 122 valence electrons. The second-order valence-corrected chi connectivity index (χ2v) is 14.5. The number of hydrogen-bond donors (Lipinski definition) is 3. The predicted octanol–water partition coefficient (Wildman–Crippen LogP) is 1.43. The minimum Gasteiger partial charge on any atom is -0.480 e. The highest BCUT2D eigenvalue weighted by molar-refractivity contribution is 9.42. The Kier molecular flexibility index (Phi) is 6.57. The Morgan fingerprint density at radius 3 is 2.32 bits per heavy atom. The van der Waals surface area contributed by atoms with E-state index in [1.807, 2.05) is 0 Å². The minimum atomic E-state index is -3.88. The maximum Gasteiger partial charge on any atom is 0.328 e. The highest BCUT2D eigenvalue weighted by Gasteiger charge is 2.37. The fourth-order valence-corrected chi connectivity index (χ4v) is 3.85. The number of sulfone groups is 1. The van der Waals surface area contributed by atoms with Crippen molar-refractivity contribution in [2.45, 2.75) is 12.4 Å². The van der Waals surface area contributed by atoms with Crippen molar-refractivity contribution in [3.05, 3.63) is 29.8 Å². The van der Waals surface area contributed by atoms with Crippen LogP contribution in [0.4, 0.5) is 0 Å². The summed E-state index contributed by atoms with van der Waals surface area (Å²) in [6, 6.07) is 3.57. The van der Waals surface area contributed by atoms with Gasteiger partial charge in [0.05, 0.1) is 11.5 Å². The zero-order valence-electron chi connectivity index (χ0n) is 10.7. The van der Waals surface area contributed by atoms with Gasteiger partial charge < -0.3 is 15.5 Å². The molecule has 0 aliphatic heterocycles. The summed E-state index contributed by atoms with van der Waals surface area (Å²) < 4.78 is 22.8. The zero-order valence-corrected chi connectivity index (χ0v) is 16.2. The van der Waals surface area contributed by atoms with Crippen LogP contribution in [0.2, 0.25) is 0 Å². The molecule has 0 fully saturated rings. The SMILES string of the molecule is O=C(NC(CO)C(=O)O)c1cccc(S(=O)(=O)C(Br)(Br)Br)c1. The molecule has 0 spiro atoms. The molecule has 1 aromatic rings. The van der Waals surface area contributed by atoms with Crippen LogP contribution in [-0.2, 0) is 14.6 Å². The summed E-state index contributed by atoms with van der Waals surface area (Å²) >= 11 is 8.71. The van der Waals surface area contributed by atoms with Gasteiger partial charge in [-0.25, -0.2) is 13.2 Å². The van der Waals surface area contributed by atoms with Crippen molar-refractivity contribution >= 4 is 69.5 Å². The van der Waals surface area contributed by atoms with Crippen LogP contribution in [-0.4, -0.2) is 44.6 Å². The Hall–Kier alpha value is -0.490. The molecule has 3 N–H and O–H groups in total. The summed E-state index contributed by atoms with van der Waals surface area (Å²) in [7, 11) is -3.88. The number of aliphatic hydroxyl groups excluding tert-OH is 1. The highest BCUT2D eigenvalue weighted by Crippen LogP contribution is 2.43. The first-order valence-electron chi connectivity index (χ1n) is 5.56. The second-order valence-electron chi connectivity index (χ2n) is 4.02. The molecule has 1 rings (SSSR count). The maximum absolute atomic E-state index is 12.2. The lowest BCUT2D eigenvalue weighted by Gasteiger charge is -2.15. The number of alkyl halides is 3. The molecule has 0 saturated carbocycles. The molecular weight excluding hydrogens is 514 g/mol. The monoisotopic (exact) mass is 521 g/mol. The van der Waals surface area contributed by atoms with Gasteiger partial charge in [-0.15, -0.1) is 0 Å². The van der Waals surface area contributed by atoms with Gasteiger partial charge in [-0.2, -0.15) is 0 Å². The predicted molar refractivity (Wildman–Crippen MR) is 89.1 cm³/mol. The van der Waals surface area contributed by atoms with Crippen molar-refractivity contribution in [2.75, 3.05) is 6.61 Å². The number of nitrogens with one attached hydrogen (secondary N) is 1. The number of carboxylic acids is 1. The first-order valence-corrected chi connectivity index (χ1v) is 9.43. The summed E-state index contributed by atoms with van der Waals surface area (Å²) in [5.41, 5.74) is -0.0578. The number of halogens is 3. The van der Waals surface area contributed by atoms with E-state index < -0.39 is 35.8 Å². The standard InChI is InChI=1S/C11H10Br3NO6S/c12-11(13,14)22(20,21)7-3-1-2-6(4-7)9(17)15-8(5-16)10(18)19/h1-4,8,16H,5H2,(H,15,17)(H,18,19). The van der Waals surface area contributed by atoms with Crippen LogP contribution < -0.4 is 5.32 Å². The maximum atomic E-state index is 12.2. The molecule has 1 atom stereocenters. The van der Waals surface area contributed by atoms with E-state index in [4.69, 9.17) is 10.2 Å². The van der Waals surface area contributed by atoms with Crippen LogP contribution in [0.1, 0.15) is 10.4 Å². The number of carboxylic acid groups (broad SMARTS) is 1. The number of aliphatic carboxylic acids is 1. The second kappa shape index (κ2) is 7.39. The lowest BCUT2D eigenvalue weighted by molar-refractivity contribution is -0.140. The van der Waals surface area contributed by atoms with Gasteiger partial charge in [0.2, 0.25) is 11.3 Å². The van der Waals surface area contributed by atoms with Crippen molar-refractivity contribution in [2.24, 2.45) is 0 Å². The van der Waals surface area contributed by atoms with Crippen molar-refractivity contribution in [3.63, 3.8) is 0 Å². The third-order valence-corrected chi connectivity index (χ3v) is 7.82. The molecule has 0 heterocycles. The molecular formula is C11H10Br3NO6S. The third-order valence-electron chi connectivity index (χ3n) is 2.50. The van der Waals surface area contributed by atoms with Crippen LogP contribution in [0.15, 0.2) is 29.2 Å². The molecule has 0 aromatic heterocycles. The minimum absolute atomic E-state index is 0.0578. The third kappa shape index (κ3) is 4.51. The molecule has 7 nitrogen and oxygen atoms in total. The Balaban J connectivity index is 3.13. The topological polar surface area (TPSA) is 121 Å². The molecule has 1 amide bonds. The number of carbonyl (C=O) groups excluding carboxylic acids is 1. The van der Waals surface area contributed by atoms with Gasteiger partial charge in [-0.05, 0) is 66.0 Å². The number of hydrogen-bond acceptors (Lipinski definition) is 5. The molecule has 0 radical (unpaired) electrons. The number of rotatable bonds is 5. The molecule has 0 bridgehead atoms. The zero-order chi connectivity index (χ0) is 17.1.